The van der Waals surface area contributed by atoms with Gasteiger partial charge in [0.15, 0.2) is 5.60 Å². The molecule has 0 unspecified atom stereocenters. The van der Waals surface area contributed by atoms with Gasteiger partial charge >= 0.3 is 11.9 Å². The van der Waals surface area contributed by atoms with Crippen molar-refractivity contribution < 1.29 is 29.6 Å². The van der Waals surface area contributed by atoms with Gasteiger partial charge in [0.05, 0.1) is 22.3 Å². The van der Waals surface area contributed by atoms with E-state index in [2.05, 4.69) is 31.9 Å². The van der Waals surface area contributed by atoms with Crippen LogP contribution in [0.2, 0.25) is 0 Å². The van der Waals surface area contributed by atoms with Crippen molar-refractivity contribution in [3.63, 3.8) is 0 Å². The second kappa shape index (κ2) is 10.1. The monoisotopic (exact) mass is 630 g/mol. The van der Waals surface area contributed by atoms with Gasteiger partial charge in [-0.15, -0.1) is 0 Å². The SMILES string of the molecule is CCc1cc(CC)c(Br)c(C2(c3c(O)c(CC)cc(CC)c3Br)OC(=O)c3cccc(C(=O)O)c32)c1O. The van der Waals surface area contributed by atoms with Crippen LogP contribution in [0.5, 0.6) is 11.5 Å². The summed E-state index contributed by atoms with van der Waals surface area (Å²) >= 11 is 7.31. The summed E-state index contributed by atoms with van der Waals surface area (Å²) < 4.78 is 7.19. The lowest BCUT2D eigenvalue weighted by molar-refractivity contribution is 0.0228. The Kier molecular flexibility index (Phi) is 7.45. The third-order valence-corrected chi connectivity index (χ3v) is 8.93. The molecule has 194 valence electrons. The van der Waals surface area contributed by atoms with E-state index in [9.17, 15) is 24.9 Å². The number of phenols is 2. The molecule has 0 aromatic heterocycles. The van der Waals surface area contributed by atoms with Crippen LogP contribution < -0.4 is 0 Å². The zero-order valence-electron chi connectivity index (χ0n) is 21.0. The molecule has 1 aliphatic rings. The lowest BCUT2D eigenvalue weighted by atomic mass is 9.74. The molecule has 1 heterocycles. The highest BCUT2D eigenvalue weighted by Gasteiger charge is 2.56. The molecule has 0 atom stereocenters. The number of benzene rings is 3. The molecule has 0 saturated carbocycles. The van der Waals surface area contributed by atoms with Gasteiger partial charge in [0, 0.05) is 14.5 Å². The first-order valence-corrected chi connectivity index (χ1v) is 13.8. The summed E-state index contributed by atoms with van der Waals surface area (Å²) in [4.78, 5) is 26.0. The van der Waals surface area contributed by atoms with Gasteiger partial charge < -0.3 is 20.1 Å². The molecule has 3 N–H and O–H groups in total. The van der Waals surface area contributed by atoms with Crippen LogP contribution in [0.3, 0.4) is 0 Å². The van der Waals surface area contributed by atoms with Crippen LogP contribution in [-0.2, 0) is 36.0 Å². The Morgan fingerprint density at radius 2 is 1.27 bits per heavy atom. The minimum absolute atomic E-state index is 0.0670. The molecule has 0 aliphatic carbocycles. The Hall–Kier alpha value is -2.84. The van der Waals surface area contributed by atoms with E-state index in [1.165, 1.54) is 18.2 Å². The lowest BCUT2D eigenvalue weighted by Crippen LogP contribution is -2.33. The predicted octanol–water partition coefficient (Wildman–Crippen LogP) is 7.03. The van der Waals surface area contributed by atoms with Crippen molar-refractivity contribution in [2.45, 2.75) is 59.0 Å². The smallest absolute Gasteiger partial charge is 0.340 e. The molecule has 1 aliphatic heterocycles. The first-order valence-electron chi connectivity index (χ1n) is 12.3. The molecule has 3 aromatic carbocycles. The third-order valence-electron chi connectivity index (χ3n) is 7.12. The highest BCUT2D eigenvalue weighted by Crippen LogP contribution is 2.58. The molecule has 0 spiro atoms. The summed E-state index contributed by atoms with van der Waals surface area (Å²) in [6.07, 6.45) is 2.17. The Labute approximate surface area is 232 Å². The molecule has 0 fully saturated rings. The van der Waals surface area contributed by atoms with Crippen molar-refractivity contribution in [3.05, 3.63) is 89.3 Å². The van der Waals surface area contributed by atoms with E-state index in [0.717, 1.165) is 11.1 Å². The average Bonchev–Trinajstić information content (AvgIpc) is 3.17. The number of fused-ring (bicyclic) bond motifs is 1. The maximum absolute atomic E-state index is 13.5. The molecule has 3 aromatic rings. The number of rotatable bonds is 7. The second-order valence-corrected chi connectivity index (χ2v) is 10.6. The Morgan fingerprint density at radius 1 is 0.811 bits per heavy atom. The van der Waals surface area contributed by atoms with Crippen LogP contribution in [0.1, 0.15) is 87.4 Å². The Bertz CT molecular complexity index is 1320. The van der Waals surface area contributed by atoms with E-state index >= 15 is 0 Å². The van der Waals surface area contributed by atoms with Crippen LogP contribution in [-0.4, -0.2) is 27.3 Å². The summed E-state index contributed by atoms with van der Waals surface area (Å²) in [5.41, 5.74) is 1.35. The van der Waals surface area contributed by atoms with E-state index < -0.39 is 17.5 Å². The van der Waals surface area contributed by atoms with E-state index in [1.807, 2.05) is 39.8 Å². The van der Waals surface area contributed by atoms with Gasteiger partial charge in [-0.05, 0) is 91.9 Å². The molecule has 37 heavy (non-hydrogen) atoms. The number of carbonyl (C=O) groups is 2. The number of cyclic esters (lactones) is 1. The number of hydrogen-bond acceptors (Lipinski definition) is 5. The van der Waals surface area contributed by atoms with Crippen molar-refractivity contribution in [2.24, 2.45) is 0 Å². The van der Waals surface area contributed by atoms with Gasteiger partial charge in [0.2, 0.25) is 0 Å². The van der Waals surface area contributed by atoms with Crippen molar-refractivity contribution in [2.75, 3.05) is 0 Å². The highest BCUT2D eigenvalue weighted by atomic mass is 79.9. The number of halogens is 2. The molecule has 4 rings (SSSR count). The van der Waals surface area contributed by atoms with Crippen molar-refractivity contribution >= 4 is 43.8 Å². The van der Waals surface area contributed by atoms with Crippen molar-refractivity contribution in [3.8, 4) is 11.5 Å². The Balaban J connectivity index is 2.36. The fourth-order valence-electron chi connectivity index (χ4n) is 5.23. The van der Waals surface area contributed by atoms with Gasteiger partial charge in [-0.1, -0.05) is 45.9 Å². The lowest BCUT2D eigenvalue weighted by Gasteiger charge is -2.35. The molecule has 8 heteroatoms. The van der Waals surface area contributed by atoms with Gasteiger partial charge in [-0.2, -0.15) is 0 Å². The molecule has 0 bridgehead atoms. The number of aromatic carboxylic acids is 1. The highest BCUT2D eigenvalue weighted by molar-refractivity contribution is 9.11. The number of phenolic OH excluding ortho intramolecular Hbond substituents is 2. The fourth-order valence-corrected chi connectivity index (χ4v) is 6.96. The maximum atomic E-state index is 13.5. The number of aryl methyl sites for hydroxylation is 4. The van der Waals surface area contributed by atoms with Crippen LogP contribution in [0, 0.1) is 0 Å². The first-order chi connectivity index (χ1) is 17.6. The normalized spacial score (nSPS) is 13.9. The predicted molar refractivity (Wildman–Crippen MR) is 148 cm³/mol. The van der Waals surface area contributed by atoms with Gasteiger partial charge in [0.25, 0.3) is 0 Å². The topological polar surface area (TPSA) is 104 Å². The molecule has 6 nitrogen and oxygen atoms in total. The molecule has 0 amide bonds. The summed E-state index contributed by atoms with van der Waals surface area (Å²) in [5.74, 6) is -2.25. The zero-order chi connectivity index (χ0) is 27.2. The number of aromatic hydroxyl groups is 2. The summed E-state index contributed by atoms with van der Waals surface area (Å²) in [6, 6.07) is 8.17. The zero-order valence-corrected chi connectivity index (χ0v) is 24.2. The summed E-state index contributed by atoms with van der Waals surface area (Å²) in [6.45, 7) is 7.72. The largest absolute Gasteiger partial charge is 0.507 e. The molecular weight excluding hydrogens is 604 g/mol. The number of hydrogen-bond donors (Lipinski definition) is 3. The standard InChI is InChI=1S/C29H28Br2O6/c1-5-14-12-16(7-3)25(32)21(23(14)30)29(22-24(31)15(6-2)13-17(8-4)26(22)33)20-18(27(34)35)10-9-11-19(20)28(36)37-29/h9-13,32-33H,5-8H2,1-4H3,(H,34,35). The Morgan fingerprint density at radius 3 is 1.68 bits per heavy atom. The van der Waals surface area contributed by atoms with E-state index in [1.54, 1.807) is 0 Å². The number of ether oxygens (including phenoxy) is 1. The van der Waals surface area contributed by atoms with Gasteiger partial charge in [-0.3, -0.25) is 0 Å². The van der Waals surface area contributed by atoms with Crippen LogP contribution >= 0.6 is 31.9 Å². The second-order valence-electron chi connectivity index (χ2n) is 8.98. The number of carboxylic acids is 1. The number of carboxylic acid groups (broad SMARTS) is 1. The quantitative estimate of drug-likeness (QED) is 0.242. The number of carbonyl (C=O) groups excluding carboxylic acids is 1. The fraction of sp³-hybridized carbons (Fsp3) is 0.310. The minimum Gasteiger partial charge on any atom is -0.507 e. The van der Waals surface area contributed by atoms with Crippen molar-refractivity contribution in [1.29, 1.82) is 0 Å². The molecule has 0 radical (unpaired) electrons. The molecule has 0 saturated heterocycles. The summed E-state index contributed by atoms with van der Waals surface area (Å²) in [5, 5.41) is 33.6. The molecular formula is C29H28Br2O6. The minimum atomic E-state index is -1.95. The van der Waals surface area contributed by atoms with Crippen LogP contribution in [0.25, 0.3) is 0 Å². The van der Waals surface area contributed by atoms with Gasteiger partial charge in [0.1, 0.15) is 11.5 Å². The van der Waals surface area contributed by atoms with E-state index in [-0.39, 0.29) is 39.3 Å². The van der Waals surface area contributed by atoms with E-state index in [0.29, 0.717) is 45.8 Å². The first kappa shape index (κ1) is 27.2. The maximum Gasteiger partial charge on any atom is 0.340 e. The van der Waals surface area contributed by atoms with Gasteiger partial charge in [-0.25, -0.2) is 9.59 Å². The number of esters is 1. The third kappa shape index (κ3) is 3.96. The van der Waals surface area contributed by atoms with Crippen LogP contribution in [0.4, 0.5) is 0 Å². The van der Waals surface area contributed by atoms with Crippen LogP contribution in [0.15, 0.2) is 39.3 Å². The summed E-state index contributed by atoms with van der Waals surface area (Å²) in [7, 11) is 0. The average molecular weight is 632 g/mol. The van der Waals surface area contributed by atoms with E-state index in [4.69, 9.17) is 4.74 Å². The van der Waals surface area contributed by atoms with Crippen molar-refractivity contribution in [1.82, 2.24) is 0 Å².